The predicted octanol–water partition coefficient (Wildman–Crippen LogP) is 2.40. The van der Waals surface area contributed by atoms with Crippen LogP contribution in [0.25, 0.3) is 0 Å². The molecular weight excluding hydrogens is 288 g/mol. The highest BCUT2D eigenvalue weighted by molar-refractivity contribution is 7.91. The van der Waals surface area contributed by atoms with Gasteiger partial charge in [-0.3, -0.25) is 0 Å². The summed E-state index contributed by atoms with van der Waals surface area (Å²) >= 11 is 0. The molecule has 0 fully saturated rings. The highest BCUT2D eigenvalue weighted by Gasteiger charge is 2.33. The molecule has 2 unspecified atom stereocenters. The molecule has 5 heteroatoms. The van der Waals surface area contributed by atoms with Gasteiger partial charge in [-0.25, -0.2) is 8.42 Å². The summed E-state index contributed by atoms with van der Waals surface area (Å²) in [5.74, 6) is 0. The summed E-state index contributed by atoms with van der Waals surface area (Å²) < 4.78 is 24.6. The van der Waals surface area contributed by atoms with Gasteiger partial charge in [-0.1, -0.05) is 59.7 Å². The van der Waals surface area contributed by atoms with E-state index < -0.39 is 20.7 Å². The van der Waals surface area contributed by atoms with Crippen molar-refractivity contribution >= 4 is 9.84 Å². The van der Waals surface area contributed by atoms with Crippen molar-refractivity contribution in [2.75, 3.05) is 0 Å². The molecule has 21 heavy (non-hydrogen) atoms. The third kappa shape index (κ3) is 3.32. The van der Waals surface area contributed by atoms with E-state index in [-0.39, 0.29) is 11.1 Å². The van der Waals surface area contributed by atoms with Gasteiger partial charge in [0.15, 0.2) is 10.9 Å². The van der Waals surface area contributed by atoms with E-state index in [1.54, 1.807) is 48.5 Å². The number of sulfone groups is 1. The molecule has 112 valence electrons. The van der Waals surface area contributed by atoms with E-state index in [4.69, 9.17) is 0 Å². The lowest BCUT2D eigenvalue weighted by Gasteiger charge is -2.18. The molecule has 0 aliphatic carbocycles. The Hall–Kier alpha value is -1.69. The molecule has 0 radical (unpaired) electrons. The lowest BCUT2D eigenvalue weighted by molar-refractivity contribution is 0.215. The molecule has 0 aliphatic rings. The van der Waals surface area contributed by atoms with Crippen LogP contribution < -0.4 is 0 Å². The van der Waals surface area contributed by atoms with E-state index in [0.717, 1.165) is 11.1 Å². The zero-order chi connectivity index (χ0) is 15.6. The van der Waals surface area contributed by atoms with Gasteiger partial charge in [0.1, 0.15) is 0 Å². The largest absolute Gasteiger partial charge is 0.373 e. The summed E-state index contributed by atoms with van der Waals surface area (Å²) in [7, 11) is -4.16. The van der Waals surface area contributed by atoms with Gasteiger partial charge in [-0.2, -0.15) is 0 Å². The van der Waals surface area contributed by atoms with E-state index in [2.05, 4.69) is 0 Å². The average Bonchev–Trinajstić information content (AvgIpc) is 2.47. The number of rotatable bonds is 4. The maximum Gasteiger partial charge on any atom is 0.212 e. The predicted molar refractivity (Wildman–Crippen MR) is 81.2 cm³/mol. The van der Waals surface area contributed by atoms with Crippen LogP contribution in [0.1, 0.15) is 33.1 Å². The Bertz CT molecular complexity index is 645. The van der Waals surface area contributed by atoms with Gasteiger partial charge in [0.2, 0.25) is 9.84 Å². The van der Waals surface area contributed by atoms with E-state index in [1.807, 2.05) is 13.8 Å². The van der Waals surface area contributed by atoms with Gasteiger partial charge in [0.05, 0.1) is 0 Å². The Labute approximate surface area is 124 Å². The summed E-state index contributed by atoms with van der Waals surface area (Å²) in [6.45, 7) is 3.73. The molecule has 0 amide bonds. The van der Waals surface area contributed by atoms with Gasteiger partial charge in [-0.15, -0.1) is 0 Å². The molecule has 0 saturated heterocycles. The van der Waals surface area contributed by atoms with Gasteiger partial charge in [-0.05, 0) is 25.0 Å². The first kappa shape index (κ1) is 15.7. The van der Waals surface area contributed by atoms with Crippen LogP contribution in [0.5, 0.6) is 0 Å². The highest BCUT2D eigenvalue weighted by atomic mass is 32.2. The summed E-state index contributed by atoms with van der Waals surface area (Å²) in [6.07, 6.45) is 0. The topological polar surface area (TPSA) is 74.6 Å². The molecular formula is C16H18O4S. The minimum atomic E-state index is -4.16. The Morgan fingerprint density at radius 2 is 1.00 bits per heavy atom. The Kier molecular flexibility index (Phi) is 4.46. The second-order valence-electron chi connectivity index (χ2n) is 5.12. The van der Waals surface area contributed by atoms with Crippen molar-refractivity contribution in [3.8, 4) is 0 Å². The Morgan fingerprint density at radius 1 is 0.714 bits per heavy atom. The molecule has 0 aliphatic heterocycles. The molecule has 4 nitrogen and oxygen atoms in total. The number of aryl methyl sites for hydroxylation is 2. The normalized spacial score (nSPS) is 14.7. The van der Waals surface area contributed by atoms with Gasteiger partial charge in [0, 0.05) is 0 Å². The minimum Gasteiger partial charge on any atom is -0.373 e. The summed E-state index contributed by atoms with van der Waals surface area (Å²) in [4.78, 5) is 0. The molecule has 0 heterocycles. The number of aliphatic hydroxyl groups excluding tert-OH is 2. The molecule has 0 bridgehead atoms. The zero-order valence-electron chi connectivity index (χ0n) is 11.9. The molecule has 0 aromatic heterocycles. The van der Waals surface area contributed by atoms with Crippen LogP contribution in [0.2, 0.25) is 0 Å². The van der Waals surface area contributed by atoms with E-state index in [0.29, 0.717) is 0 Å². The first-order valence-corrected chi connectivity index (χ1v) is 8.15. The number of hydrogen-bond acceptors (Lipinski definition) is 4. The highest BCUT2D eigenvalue weighted by Crippen LogP contribution is 2.30. The van der Waals surface area contributed by atoms with Crippen LogP contribution >= 0.6 is 0 Å². The van der Waals surface area contributed by atoms with Crippen LogP contribution in [0, 0.1) is 13.8 Å². The average molecular weight is 306 g/mol. The maximum atomic E-state index is 12.3. The second-order valence-corrected chi connectivity index (χ2v) is 7.19. The van der Waals surface area contributed by atoms with E-state index in [9.17, 15) is 18.6 Å². The minimum absolute atomic E-state index is 0.242. The molecule has 2 aromatic carbocycles. The van der Waals surface area contributed by atoms with Crippen LogP contribution in [0.4, 0.5) is 0 Å². The number of hydrogen-bond donors (Lipinski definition) is 2. The van der Waals surface area contributed by atoms with Crippen molar-refractivity contribution in [2.45, 2.75) is 24.7 Å². The van der Waals surface area contributed by atoms with Crippen molar-refractivity contribution < 1.29 is 18.6 Å². The standard InChI is InChI=1S/C16H18O4S/c1-11-3-7-13(8-4-11)15(17)21(19,20)16(18)14-9-5-12(2)6-10-14/h3-10,15-18H,1-2H3. The lowest BCUT2D eigenvalue weighted by atomic mass is 10.2. The van der Waals surface area contributed by atoms with Gasteiger partial charge < -0.3 is 10.2 Å². The van der Waals surface area contributed by atoms with Crippen molar-refractivity contribution in [2.24, 2.45) is 0 Å². The molecule has 2 atom stereocenters. The first-order valence-electron chi connectivity index (χ1n) is 6.54. The van der Waals surface area contributed by atoms with Crippen LogP contribution in [0.3, 0.4) is 0 Å². The fraction of sp³-hybridized carbons (Fsp3) is 0.250. The van der Waals surface area contributed by atoms with Crippen molar-refractivity contribution in [3.63, 3.8) is 0 Å². The maximum absolute atomic E-state index is 12.3. The van der Waals surface area contributed by atoms with Crippen molar-refractivity contribution in [1.29, 1.82) is 0 Å². The van der Waals surface area contributed by atoms with Gasteiger partial charge >= 0.3 is 0 Å². The molecule has 2 rings (SSSR count). The summed E-state index contributed by atoms with van der Waals surface area (Å²) in [6, 6.07) is 13.0. The molecule has 0 spiro atoms. The first-order chi connectivity index (χ1) is 9.82. The number of benzene rings is 2. The quantitative estimate of drug-likeness (QED) is 0.909. The fourth-order valence-electron chi connectivity index (χ4n) is 1.96. The van der Waals surface area contributed by atoms with Crippen molar-refractivity contribution in [3.05, 3.63) is 70.8 Å². The zero-order valence-corrected chi connectivity index (χ0v) is 12.7. The van der Waals surface area contributed by atoms with Crippen LogP contribution in [-0.2, 0) is 9.84 Å². The Balaban J connectivity index is 2.32. The van der Waals surface area contributed by atoms with Crippen molar-refractivity contribution in [1.82, 2.24) is 0 Å². The monoisotopic (exact) mass is 306 g/mol. The Morgan fingerprint density at radius 3 is 1.29 bits per heavy atom. The third-order valence-corrected chi connectivity index (χ3v) is 5.14. The molecule has 2 aromatic rings. The van der Waals surface area contributed by atoms with E-state index >= 15 is 0 Å². The molecule has 2 N–H and O–H groups in total. The van der Waals surface area contributed by atoms with E-state index in [1.165, 1.54) is 0 Å². The summed E-state index contributed by atoms with van der Waals surface area (Å²) in [5, 5.41) is 20.2. The SMILES string of the molecule is Cc1ccc(C(O)S(=O)(=O)C(O)c2ccc(C)cc2)cc1. The fourth-order valence-corrected chi connectivity index (χ4v) is 3.28. The van der Waals surface area contributed by atoms with Crippen LogP contribution in [-0.4, -0.2) is 18.6 Å². The molecule has 0 saturated carbocycles. The smallest absolute Gasteiger partial charge is 0.212 e. The van der Waals surface area contributed by atoms with Crippen LogP contribution in [0.15, 0.2) is 48.5 Å². The summed E-state index contributed by atoms with van der Waals surface area (Å²) in [5.41, 5.74) is -1.10. The second kappa shape index (κ2) is 5.97. The lowest BCUT2D eigenvalue weighted by Crippen LogP contribution is -2.20. The van der Waals surface area contributed by atoms with Gasteiger partial charge in [0.25, 0.3) is 0 Å². The third-order valence-electron chi connectivity index (χ3n) is 3.35. The number of aliphatic hydroxyl groups is 2.